The molecule has 0 radical (unpaired) electrons. The summed E-state index contributed by atoms with van der Waals surface area (Å²) in [6.07, 6.45) is 9.38. The first-order valence-corrected chi connectivity index (χ1v) is 11.4. The third kappa shape index (κ3) is 5.52. The summed E-state index contributed by atoms with van der Waals surface area (Å²) in [5, 5.41) is 17.8. The van der Waals surface area contributed by atoms with E-state index < -0.39 is 0 Å². The fraction of sp³-hybridized carbons (Fsp3) is 0.214. The Morgan fingerprint density at radius 2 is 1.88 bits per heavy atom. The largest absolute Gasteiger partial charge is 0.361 e. The summed E-state index contributed by atoms with van der Waals surface area (Å²) in [5.74, 6) is 0. The molecule has 2 aromatic carbocycles. The topological polar surface area (TPSA) is 79.8 Å². The Kier molecular flexibility index (Phi) is 7.38. The first kappa shape index (κ1) is 23.2. The second-order valence-electron chi connectivity index (χ2n) is 8.62. The van der Waals surface area contributed by atoms with Gasteiger partial charge >= 0.3 is 0 Å². The number of aromatic nitrogens is 2. The second kappa shape index (κ2) is 10.8. The van der Waals surface area contributed by atoms with E-state index in [2.05, 4.69) is 89.0 Å². The van der Waals surface area contributed by atoms with Gasteiger partial charge < -0.3 is 20.5 Å². The molecule has 3 N–H and O–H groups in total. The molecule has 34 heavy (non-hydrogen) atoms. The van der Waals surface area contributed by atoms with Crippen molar-refractivity contribution < 1.29 is 0 Å². The summed E-state index contributed by atoms with van der Waals surface area (Å²) in [4.78, 5) is 9.68. The number of rotatable bonds is 9. The van der Waals surface area contributed by atoms with Crippen molar-refractivity contribution in [2.24, 2.45) is 0 Å². The van der Waals surface area contributed by atoms with Crippen LogP contribution in [0, 0.1) is 18.3 Å². The molecule has 0 fully saturated rings. The van der Waals surface area contributed by atoms with Gasteiger partial charge in [-0.05, 0) is 55.9 Å². The average molecular weight is 451 g/mol. The number of hydrogen-bond donors (Lipinski definition) is 3. The van der Waals surface area contributed by atoms with Crippen LogP contribution in [0.2, 0.25) is 0 Å². The number of hydrogen-bond acceptors (Lipinski definition) is 5. The Morgan fingerprint density at radius 3 is 2.65 bits per heavy atom. The lowest BCUT2D eigenvalue weighted by Crippen LogP contribution is -2.26. The lowest BCUT2D eigenvalue weighted by Gasteiger charge is -2.14. The highest BCUT2D eigenvalue weighted by atomic mass is 15.1. The van der Waals surface area contributed by atoms with E-state index >= 15 is 0 Å². The summed E-state index contributed by atoms with van der Waals surface area (Å²) in [5.41, 5.74) is 7.66. The lowest BCUT2D eigenvalue weighted by molar-refractivity contribution is 0.400. The second-order valence-corrected chi connectivity index (χ2v) is 8.62. The smallest absolute Gasteiger partial charge is 0.103 e. The fourth-order valence-corrected chi connectivity index (χ4v) is 3.85. The van der Waals surface area contributed by atoms with Gasteiger partial charge in [0.15, 0.2) is 0 Å². The van der Waals surface area contributed by atoms with Crippen LogP contribution in [0.5, 0.6) is 0 Å². The molecule has 0 amide bonds. The number of nitrogens with zero attached hydrogens (tertiary/aromatic N) is 3. The van der Waals surface area contributed by atoms with Gasteiger partial charge in [0.2, 0.25) is 0 Å². The minimum Gasteiger partial charge on any atom is -0.361 e. The van der Waals surface area contributed by atoms with Crippen molar-refractivity contribution >= 4 is 34.4 Å². The molecule has 0 spiro atoms. The van der Waals surface area contributed by atoms with Gasteiger partial charge in [0, 0.05) is 60.4 Å². The molecular weight excluding hydrogens is 420 g/mol. The maximum absolute atomic E-state index is 9.70. The third-order valence-electron chi connectivity index (χ3n) is 5.86. The maximum Gasteiger partial charge on any atom is 0.103 e. The SMILES string of the molecule is Cc1c(Nc2c(C#N)cncc2/C=C/c2ccc(CNCCN(C)C)cc2)ccc2[nH]ccc12. The lowest BCUT2D eigenvalue weighted by atomic mass is 10.1. The molecule has 0 saturated carbocycles. The Labute approximate surface area is 201 Å². The molecule has 0 saturated heterocycles. The maximum atomic E-state index is 9.70. The monoisotopic (exact) mass is 450 g/mol. The normalized spacial score (nSPS) is 11.4. The van der Waals surface area contributed by atoms with Gasteiger partial charge in [0.05, 0.1) is 11.3 Å². The van der Waals surface area contributed by atoms with Crippen LogP contribution in [0.4, 0.5) is 11.4 Å². The molecule has 6 nitrogen and oxygen atoms in total. The van der Waals surface area contributed by atoms with Crippen LogP contribution in [0.3, 0.4) is 0 Å². The van der Waals surface area contributed by atoms with E-state index in [1.807, 2.05) is 24.4 Å². The van der Waals surface area contributed by atoms with Crippen molar-refractivity contribution in [2.45, 2.75) is 13.5 Å². The number of anilines is 2. The molecule has 2 heterocycles. The van der Waals surface area contributed by atoms with Crippen molar-refractivity contribution in [2.75, 3.05) is 32.5 Å². The molecule has 0 aliphatic heterocycles. The number of fused-ring (bicyclic) bond motifs is 1. The molecule has 0 atom stereocenters. The number of aryl methyl sites for hydroxylation is 1. The van der Waals surface area contributed by atoms with E-state index in [9.17, 15) is 5.26 Å². The van der Waals surface area contributed by atoms with Gasteiger partial charge in [-0.25, -0.2) is 0 Å². The van der Waals surface area contributed by atoms with Crippen molar-refractivity contribution in [1.82, 2.24) is 20.2 Å². The van der Waals surface area contributed by atoms with Gasteiger partial charge in [0.25, 0.3) is 0 Å². The molecule has 0 unspecified atom stereocenters. The average Bonchev–Trinajstić information content (AvgIpc) is 3.33. The minimum atomic E-state index is 0.509. The predicted octanol–water partition coefficient (Wildman–Crippen LogP) is 5.31. The van der Waals surface area contributed by atoms with Crippen LogP contribution < -0.4 is 10.6 Å². The number of H-pyrrole nitrogens is 1. The Bertz CT molecular complexity index is 1330. The molecule has 6 heteroatoms. The molecule has 4 aromatic rings. The molecule has 4 rings (SSSR count). The summed E-state index contributed by atoms with van der Waals surface area (Å²) in [6.45, 7) is 4.91. The van der Waals surface area contributed by atoms with Gasteiger partial charge in [-0.3, -0.25) is 4.98 Å². The Morgan fingerprint density at radius 1 is 1.06 bits per heavy atom. The Balaban J connectivity index is 1.52. The summed E-state index contributed by atoms with van der Waals surface area (Å²) in [7, 11) is 4.15. The number of pyridine rings is 1. The van der Waals surface area contributed by atoms with Crippen LogP contribution in [0.1, 0.15) is 27.8 Å². The standard InChI is InChI=1S/C28H30N6/c1-20-25-12-13-32-27(25)11-10-26(20)33-28-23(18-31-19-24(28)16-29)9-8-21-4-6-22(7-5-21)17-30-14-15-34(2)3/h4-13,18-19,30,32H,14-15,17H2,1-3H3,(H,31,33)/b9-8+. The summed E-state index contributed by atoms with van der Waals surface area (Å²) in [6, 6.07) is 16.9. The van der Waals surface area contributed by atoms with E-state index in [4.69, 9.17) is 0 Å². The van der Waals surface area contributed by atoms with Crippen molar-refractivity contribution in [3.05, 3.63) is 88.9 Å². The zero-order chi connectivity index (χ0) is 23.9. The number of nitriles is 1. The number of aromatic amines is 1. The molecule has 0 bridgehead atoms. The molecule has 172 valence electrons. The number of likely N-dealkylation sites (N-methyl/N-ethyl adjacent to an activating group) is 1. The molecular formula is C28H30N6. The van der Waals surface area contributed by atoms with E-state index in [1.54, 1.807) is 12.4 Å². The van der Waals surface area contributed by atoms with Crippen LogP contribution in [-0.2, 0) is 6.54 Å². The fourth-order valence-electron chi connectivity index (χ4n) is 3.85. The van der Waals surface area contributed by atoms with E-state index in [1.165, 1.54) is 5.56 Å². The van der Waals surface area contributed by atoms with E-state index in [0.29, 0.717) is 5.56 Å². The van der Waals surface area contributed by atoms with Crippen LogP contribution in [-0.4, -0.2) is 42.1 Å². The highest BCUT2D eigenvalue weighted by molar-refractivity contribution is 5.90. The Hall–Kier alpha value is -3.92. The minimum absolute atomic E-state index is 0.509. The summed E-state index contributed by atoms with van der Waals surface area (Å²) < 4.78 is 0. The molecule has 2 aromatic heterocycles. The molecule has 0 aliphatic rings. The predicted molar refractivity (Wildman–Crippen MR) is 141 cm³/mol. The third-order valence-corrected chi connectivity index (χ3v) is 5.86. The van der Waals surface area contributed by atoms with Crippen molar-refractivity contribution in [1.29, 1.82) is 5.26 Å². The van der Waals surface area contributed by atoms with Gasteiger partial charge in [-0.2, -0.15) is 5.26 Å². The quantitative estimate of drug-likeness (QED) is 0.301. The van der Waals surface area contributed by atoms with Gasteiger partial charge in [0.1, 0.15) is 6.07 Å². The van der Waals surface area contributed by atoms with Gasteiger partial charge in [-0.15, -0.1) is 0 Å². The zero-order valence-corrected chi connectivity index (χ0v) is 19.9. The molecule has 0 aliphatic carbocycles. The first-order chi connectivity index (χ1) is 16.5. The highest BCUT2D eigenvalue weighted by Gasteiger charge is 2.11. The number of benzene rings is 2. The summed E-state index contributed by atoms with van der Waals surface area (Å²) >= 11 is 0. The number of nitrogens with one attached hydrogen (secondary N) is 3. The van der Waals surface area contributed by atoms with Crippen molar-refractivity contribution in [3.8, 4) is 6.07 Å². The van der Waals surface area contributed by atoms with Crippen LogP contribution in [0.25, 0.3) is 23.1 Å². The zero-order valence-electron chi connectivity index (χ0n) is 19.9. The van der Waals surface area contributed by atoms with E-state index in [-0.39, 0.29) is 0 Å². The highest BCUT2D eigenvalue weighted by Crippen LogP contribution is 2.31. The van der Waals surface area contributed by atoms with E-state index in [0.717, 1.165) is 58.6 Å². The first-order valence-electron chi connectivity index (χ1n) is 11.4. The van der Waals surface area contributed by atoms with Gasteiger partial charge in [-0.1, -0.05) is 36.4 Å². The van der Waals surface area contributed by atoms with Crippen LogP contribution in [0.15, 0.2) is 61.1 Å². The van der Waals surface area contributed by atoms with Crippen molar-refractivity contribution in [3.63, 3.8) is 0 Å². The van der Waals surface area contributed by atoms with Crippen LogP contribution >= 0.6 is 0 Å².